The Morgan fingerprint density at radius 3 is 2.96 bits per heavy atom. The number of ether oxygens (including phenoxy) is 1. The van der Waals surface area contributed by atoms with Crippen LogP contribution in [0.3, 0.4) is 0 Å². The third kappa shape index (κ3) is 3.18. The molecule has 0 saturated carbocycles. The SMILES string of the molecule is CCOC(=O)C[C@@H](c1ccc2c(c1)C(O)CC2)c1ccc2c(nnn2C)c1C. The molecule has 0 amide bonds. The number of esters is 1. The summed E-state index contributed by atoms with van der Waals surface area (Å²) in [6.07, 6.45) is 1.47. The summed E-state index contributed by atoms with van der Waals surface area (Å²) in [4.78, 5) is 12.4. The molecule has 3 aromatic rings. The number of fused-ring (bicyclic) bond motifs is 2. The zero-order chi connectivity index (χ0) is 19.8. The first-order valence-electron chi connectivity index (χ1n) is 9.75. The van der Waals surface area contributed by atoms with Gasteiger partial charge in [-0.05, 0) is 60.6 Å². The van der Waals surface area contributed by atoms with Crippen molar-refractivity contribution < 1.29 is 14.6 Å². The average molecular weight is 379 g/mol. The van der Waals surface area contributed by atoms with Gasteiger partial charge in [0.25, 0.3) is 0 Å². The normalized spacial score (nSPS) is 16.9. The minimum atomic E-state index is -0.429. The van der Waals surface area contributed by atoms with Crippen LogP contribution in [-0.4, -0.2) is 32.7 Å². The summed E-state index contributed by atoms with van der Waals surface area (Å²) in [5, 5.41) is 18.7. The van der Waals surface area contributed by atoms with Crippen LogP contribution in [0.2, 0.25) is 0 Å². The summed E-state index contributed by atoms with van der Waals surface area (Å²) in [6, 6.07) is 10.3. The second-order valence-electron chi connectivity index (χ2n) is 7.44. The first kappa shape index (κ1) is 18.6. The highest BCUT2D eigenvalue weighted by molar-refractivity contribution is 5.80. The van der Waals surface area contributed by atoms with Gasteiger partial charge in [-0.25, -0.2) is 4.68 Å². The first-order valence-corrected chi connectivity index (χ1v) is 9.75. The van der Waals surface area contributed by atoms with Gasteiger partial charge < -0.3 is 9.84 Å². The van der Waals surface area contributed by atoms with Crippen molar-refractivity contribution in [2.75, 3.05) is 6.61 Å². The number of carbonyl (C=O) groups is 1. The molecule has 2 atom stereocenters. The van der Waals surface area contributed by atoms with Crippen molar-refractivity contribution in [3.05, 3.63) is 58.1 Å². The minimum absolute atomic E-state index is 0.163. The largest absolute Gasteiger partial charge is 0.466 e. The van der Waals surface area contributed by atoms with E-state index in [1.54, 1.807) is 4.68 Å². The van der Waals surface area contributed by atoms with Crippen LogP contribution in [0.1, 0.15) is 59.6 Å². The molecule has 4 rings (SSSR count). The van der Waals surface area contributed by atoms with Gasteiger partial charge in [-0.15, -0.1) is 5.10 Å². The molecule has 0 radical (unpaired) electrons. The Hall–Kier alpha value is -2.73. The van der Waals surface area contributed by atoms with Gasteiger partial charge in [-0.2, -0.15) is 0 Å². The number of carbonyl (C=O) groups excluding carboxylic acids is 1. The van der Waals surface area contributed by atoms with Gasteiger partial charge in [0.1, 0.15) is 5.52 Å². The van der Waals surface area contributed by atoms with Crippen molar-refractivity contribution in [2.45, 2.75) is 45.1 Å². The van der Waals surface area contributed by atoms with Gasteiger partial charge in [0.15, 0.2) is 0 Å². The van der Waals surface area contributed by atoms with Gasteiger partial charge in [0.05, 0.1) is 24.6 Å². The second-order valence-corrected chi connectivity index (χ2v) is 7.44. The summed E-state index contributed by atoms with van der Waals surface area (Å²) in [7, 11) is 1.87. The Balaban J connectivity index is 1.81. The van der Waals surface area contributed by atoms with Gasteiger partial charge >= 0.3 is 5.97 Å². The molecule has 1 unspecified atom stereocenters. The van der Waals surface area contributed by atoms with Crippen molar-refractivity contribution in [3.63, 3.8) is 0 Å². The average Bonchev–Trinajstić information content (AvgIpc) is 3.24. The van der Waals surface area contributed by atoms with E-state index >= 15 is 0 Å². The van der Waals surface area contributed by atoms with Crippen molar-refractivity contribution in [3.8, 4) is 0 Å². The number of benzene rings is 2. The Kier molecular flexibility index (Phi) is 4.89. The van der Waals surface area contributed by atoms with E-state index in [0.29, 0.717) is 6.61 Å². The molecule has 0 aliphatic heterocycles. The molecule has 1 heterocycles. The molecule has 1 aromatic heterocycles. The van der Waals surface area contributed by atoms with E-state index in [0.717, 1.165) is 46.1 Å². The van der Waals surface area contributed by atoms with Gasteiger partial charge in [0.2, 0.25) is 0 Å². The fourth-order valence-electron chi connectivity index (χ4n) is 4.24. The zero-order valence-electron chi connectivity index (χ0n) is 16.5. The van der Waals surface area contributed by atoms with Crippen molar-refractivity contribution >= 4 is 17.0 Å². The van der Waals surface area contributed by atoms with Gasteiger partial charge in [0, 0.05) is 13.0 Å². The first-order chi connectivity index (χ1) is 13.5. The summed E-state index contributed by atoms with van der Waals surface area (Å²) in [5.41, 5.74) is 7.03. The Bertz CT molecular complexity index is 1040. The second kappa shape index (κ2) is 7.36. The predicted molar refractivity (Wildman–Crippen MR) is 106 cm³/mol. The summed E-state index contributed by atoms with van der Waals surface area (Å²) in [6.45, 7) is 4.19. The van der Waals surface area contributed by atoms with Gasteiger partial charge in [-0.3, -0.25) is 4.79 Å². The highest BCUT2D eigenvalue weighted by Gasteiger charge is 2.26. The van der Waals surface area contributed by atoms with Crippen LogP contribution < -0.4 is 0 Å². The molecule has 1 aliphatic carbocycles. The van der Waals surface area contributed by atoms with Crippen LogP contribution in [-0.2, 0) is 23.0 Å². The minimum Gasteiger partial charge on any atom is -0.466 e. The lowest BCUT2D eigenvalue weighted by molar-refractivity contribution is -0.143. The van der Waals surface area contributed by atoms with Crippen LogP contribution in [0.25, 0.3) is 11.0 Å². The lowest BCUT2D eigenvalue weighted by Crippen LogP contribution is -2.13. The summed E-state index contributed by atoms with van der Waals surface area (Å²) in [5.74, 6) is -0.393. The molecule has 0 bridgehead atoms. The number of aliphatic hydroxyl groups is 1. The molecule has 0 fully saturated rings. The van der Waals surface area contributed by atoms with Crippen molar-refractivity contribution in [2.24, 2.45) is 7.05 Å². The maximum atomic E-state index is 12.4. The molecule has 2 aromatic carbocycles. The third-order valence-electron chi connectivity index (χ3n) is 5.75. The molecule has 6 heteroatoms. The van der Waals surface area contributed by atoms with Gasteiger partial charge in [-0.1, -0.05) is 29.5 Å². The summed E-state index contributed by atoms with van der Waals surface area (Å²) < 4.78 is 6.99. The fraction of sp³-hybridized carbons (Fsp3) is 0.409. The molecule has 1 aliphatic rings. The molecule has 146 valence electrons. The fourth-order valence-corrected chi connectivity index (χ4v) is 4.24. The van der Waals surface area contributed by atoms with Crippen LogP contribution >= 0.6 is 0 Å². The van der Waals surface area contributed by atoms with Crippen LogP contribution in [0.4, 0.5) is 0 Å². The highest BCUT2D eigenvalue weighted by Crippen LogP contribution is 2.38. The van der Waals surface area contributed by atoms with Crippen LogP contribution in [0.5, 0.6) is 0 Å². The molecule has 0 spiro atoms. The Morgan fingerprint density at radius 1 is 1.36 bits per heavy atom. The van der Waals surface area contributed by atoms with E-state index in [9.17, 15) is 9.90 Å². The standard InChI is InChI=1S/C22H25N3O3/c1-4-28-21(27)12-17(15-6-5-14-7-10-20(26)18(14)11-15)16-8-9-19-22(13(16)2)23-24-25(19)3/h5-6,8-9,11,17,20,26H,4,7,10,12H2,1-3H3/t17-,20?/m0/s1. The highest BCUT2D eigenvalue weighted by atomic mass is 16.5. The lowest BCUT2D eigenvalue weighted by atomic mass is 9.84. The monoisotopic (exact) mass is 379 g/mol. The predicted octanol–water partition coefficient (Wildman–Crippen LogP) is 3.34. The maximum Gasteiger partial charge on any atom is 0.306 e. The smallest absolute Gasteiger partial charge is 0.306 e. The molecular formula is C22H25N3O3. The number of hydrogen-bond acceptors (Lipinski definition) is 5. The third-order valence-corrected chi connectivity index (χ3v) is 5.75. The van der Waals surface area contributed by atoms with E-state index in [1.807, 2.05) is 27.0 Å². The number of aryl methyl sites for hydroxylation is 3. The Labute approximate surface area is 164 Å². The van der Waals surface area contributed by atoms with E-state index < -0.39 is 6.10 Å². The molecule has 0 saturated heterocycles. The van der Waals surface area contributed by atoms with E-state index in [2.05, 4.69) is 34.6 Å². The molecule has 6 nitrogen and oxygen atoms in total. The van der Waals surface area contributed by atoms with Crippen molar-refractivity contribution in [1.82, 2.24) is 15.0 Å². The number of hydrogen-bond donors (Lipinski definition) is 1. The molecule has 1 N–H and O–H groups in total. The topological polar surface area (TPSA) is 77.2 Å². The number of nitrogens with zero attached hydrogens (tertiary/aromatic N) is 3. The quantitative estimate of drug-likeness (QED) is 0.688. The number of aliphatic hydroxyl groups excluding tert-OH is 1. The van der Waals surface area contributed by atoms with E-state index in [1.165, 1.54) is 5.56 Å². The van der Waals surface area contributed by atoms with E-state index in [-0.39, 0.29) is 18.3 Å². The zero-order valence-corrected chi connectivity index (χ0v) is 16.5. The number of aromatic nitrogens is 3. The maximum absolute atomic E-state index is 12.4. The number of rotatable bonds is 5. The van der Waals surface area contributed by atoms with E-state index in [4.69, 9.17) is 4.74 Å². The molecule has 28 heavy (non-hydrogen) atoms. The summed E-state index contributed by atoms with van der Waals surface area (Å²) >= 11 is 0. The van der Waals surface area contributed by atoms with Crippen LogP contribution in [0, 0.1) is 6.92 Å². The Morgan fingerprint density at radius 2 is 2.18 bits per heavy atom. The van der Waals surface area contributed by atoms with Crippen LogP contribution in [0.15, 0.2) is 30.3 Å². The van der Waals surface area contributed by atoms with Crippen molar-refractivity contribution in [1.29, 1.82) is 0 Å². The molecular weight excluding hydrogens is 354 g/mol. The lowest BCUT2D eigenvalue weighted by Gasteiger charge is -2.21.